The second-order valence-corrected chi connectivity index (χ2v) is 2.67. The number of hydrogen-bond acceptors (Lipinski definition) is 3. The van der Waals surface area contributed by atoms with Gasteiger partial charge < -0.3 is 18.5 Å². The van der Waals surface area contributed by atoms with Crippen molar-refractivity contribution in [2.24, 2.45) is 10.5 Å². The number of aryl methyl sites for hydroxylation is 1. The number of ether oxygens (including phenoxy) is 1. The Morgan fingerprint density at radius 1 is 1.58 bits per heavy atom. The fourth-order valence-corrected chi connectivity index (χ4v) is 0.899. The van der Waals surface area contributed by atoms with E-state index in [2.05, 4.69) is 13.8 Å². The van der Waals surface area contributed by atoms with Gasteiger partial charge in [0.1, 0.15) is 5.75 Å². The molecule has 0 bridgehead atoms. The van der Waals surface area contributed by atoms with E-state index in [1.807, 2.05) is 31.2 Å². The minimum Gasteiger partial charge on any atom is -0.605 e. The van der Waals surface area contributed by atoms with Crippen LogP contribution in [0, 0.1) is 6.92 Å². The molecule has 64 valence electrons. The Morgan fingerprint density at radius 2 is 2.33 bits per heavy atom. The van der Waals surface area contributed by atoms with Crippen molar-refractivity contribution in [3.05, 3.63) is 29.8 Å². The van der Waals surface area contributed by atoms with E-state index in [9.17, 15) is 0 Å². The average Bonchev–Trinajstić information content (AvgIpc) is 2.04. The van der Waals surface area contributed by atoms with Gasteiger partial charge >= 0.3 is 0 Å². The molecule has 1 aromatic rings. The summed E-state index contributed by atoms with van der Waals surface area (Å²) in [6, 6.07) is 7.59. The molecule has 1 atom stereocenters. The maximum atomic E-state index is 5.39. The van der Waals surface area contributed by atoms with Crippen molar-refractivity contribution in [2.75, 3.05) is 0 Å². The van der Waals surface area contributed by atoms with Crippen molar-refractivity contribution in [3.63, 3.8) is 0 Å². The molecule has 0 amide bonds. The minimum atomic E-state index is -0.699. The summed E-state index contributed by atoms with van der Waals surface area (Å²) < 4.78 is 8.64. The third kappa shape index (κ3) is 2.61. The van der Waals surface area contributed by atoms with E-state index in [1.54, 1.807) is 0 Å². The van der Waals surface area contributed by atoms with Gasteiger partial charge in [0, 0.05) is 0 Å². The summed E-state index contributed by atoms with van der Waals surface area (Å²) in [6.07, 6.45) is -0.699. The highest BCUT2D eigenvalue weighted by Crippen LogP contribution is 2.13. The van der Waals surface area contributed by atoms with Gasteiger partial charge in [-0.25, -0.2) is 0 Å². The highest BCUT2D eigenvalue weighted by atomic mass is 31.0. The number of hydrogen-bond donors (Lipinski definition) is 1. The van der Waals surface area contributed by atoms with Crippen LogP contribution in [0.25, 0.3) is 0 Å². The van der Waals surface area contributed by atoms with Crippen LogP contribution in [0.2, 0.25) is 0 Å². The lowest BCUT2D eigenvalue weighted by Gasteiger charge is -2.13. The summed E-state index contributed by atoms with van der Waals surface area (Å²) >= 11 is 0. The van der Waals surface area contributed by atoms with Crippen LogP contribution in [-0.2, 0) is 0 Å². The summed E-state index contributed by atoms with van der Waals surface area (Å²) in [6.45, 7) is 1.98. The second-order valence-electron chi connectivity index (χ2n) is 2.44. The molecule has 0 spiro atoms. The van der Waals surface area contributed by atoms with Crippen LogP contribution >= 0.6 is 9.03 Å². The molecule has 1 rings (SSSR count). The Labute approximate surface area is 73.8 Å². The van der Waals surface area contributed by atoms with Gasteiger partial charge in [0.15, 0.2) is 0 Å². The largest absolute Gasteiger partial charge is 0.605 e. The van der Waals surface area contributed by atoms with E-state index in [0.29, 0.717) is 5.75 Å². The molecule has 4 heteroatoms. The predicted molar refractivity (Wildman–Crippen MR) is 49.1 cm³/mol. The van der Waals surface area contributed by atoms with Crippen LogP contribution < -0.4 is 10.5 Å². The minimum absolute atomic E-state index is 0.699. The molecule has 0 saturated carbocycles. The van der Waals surface area contributed by atoms with Crippen LogP contribution in [0.15, 0.2) is 29.0 Å². The SMILES string of the molecule is Cc1cccc(OC(N)N=[P-])c1. The van der Waals surface area contributed by atoms with Crippen LogP contribution in [-0.4, -0.2) is 6.35 Å². The second kappa shape index (κ2) is 4.19. The number of nitrogens with two attached hydrogens (primary N) is 1. The molecule has 0 aliphatic rings. The van der Waals surface area contributed by atoms with Gasteiger partial charge in [0.2, 0.25) is 6.35 Å². The average molecular weight is 181 g/mol. The molecule has 0 fully saturated rings. The Hall–Kier alpha value is -0.920. The molecule has 12 heavy (non-hydrogen) atoms. The molecule has 0 aliphatic carbocycles. The van der Waals surface area contributed by atoms with Crippen molar-refractivity contribution < 1.29 is 4.74 Å². The van der Waals surface area contributed by atoms with Gasteiger partial charge in [0.25, 0.3) is 0 Å². The highest BCUT2D eigenvalue weighted by Gasteiger charge is 1.96. The van der Waals surface area contributed by atoms with Gasteiger partial charge in [-0.15, -0.1) is 0 Å². The van der Waals surface area contributed by atoms with Crippen LogP contribution in [0.4, 0.5) is 0 Å². The molecular formula is C8H10N2OP-. The van der Waals surface area contributed by atoms with Crippen molar-refractivity contribution in [2.45, 2.75) is 13.3 Å². The molecule has 2 N–H and O–H groups in total. The van der Waals surface area contributed by atoms with Gasteiger partial charge in [-0.05, 0) is 24.6 Å². The molecule has 0 aromatic heterocycles. The monoisotopic (exact) mass is 181 g/mol. The van der Waals surface area contributed by atoms with E-state index >= 15 is 0 Å². The molecule has 1 aromatic carbocycles. The maximum absolute atomic E-state index is 5.39. The zero-order valence-electron chi connectivity index (χ0n) is 6.77. The van der Waals surface area contributed by atoms with E-state index < -0.39 is 6.35 Å². The zero-order valence-corrected chi connectivity index (χ0v) is 7.66. The van der Waals surface area contributed by atoms with Crippen LogP contribution in [0.1, 0.15) is 5.56 Å². The topological polar surface area (TPSA) is 47.6 Å². The smallest absolute Gasteiger partial charge is 0.212 e. The molecule has 1 unspecified atom stereocenters. The van der Waals surface area contributed by atoms with Crippen LogP contribution in [0.3, 0.4) is 0 Å². The van der Waals surface area contributed by atoms with E-state index in [0.717, 1.165) is 5.56 Å². The van der Waals surface area contributed by atoms with Gasteiger partial charge in [-0.3, -0.25) is 5.73 Å². The number of nitrogens with zero attached hydrogens (tertiary/aromatic N) is 1. The summed E-state index contributed by atoms with van der Waals surface area (Å²) in [5.41, 5.74) is 6.51. The van der Waals surface area contributed by atoms with Gasteiger partial charge in [-0.2, -0.15) is 0 Å². The molecule has 0 saturated heterocycles. The van der Waals surface area contributed by atoms with Gasteiger partial charge in [-0.1, -0.05) is 12.1 Å². The standard InChI is InChI=1S/C8H10N2OP/c1-6-3-2-4-7(5-6)11-8(9)10-12/h2-5,8H,9H2,1H3/q-1. The predicted octanol–water partition coefficient (Wildman–Crippen LogP) is 2.21. The molecule has 0 radical (unpaired) electrons. The molecule has 0 heterocycles. The maximum Gasteiger partial charge on any atom is 0.212 e. The zero-order chi connectivity index (χ0) is 8.97. The van der Waals surface area contributed by atoms with Crippen molar-refractivity contribution in [1.29, 1.82) is 0 Å². The van der Waals surface area contributed by atoms with E-state index in [1.165, 1.54) is 0 Å². The first-order valence-corrected chi connectivity index (χ1v) is 3.95. The lowest BCUT2D eigenvalue weighted by atomic mass is 10.2. The lowest BCUT2D eigenvalue weighted by molar-refractivity contribution is 0.222. The Balaban J connectivity index is 2.69. The third-order valence-corrected chi connectivity index (χ3v) is 1.59. The van der Waals surface area contributed by atoms with E-state index in [4.69, 9.17) is 10.5 Å². The molecular weight excluding hydrogens is 171 g/mol. The lowest BCUT2D eigenvalue weighted by Crippen LogP contribution is -2.23. The summed E-state index contributed by atoms with van der Waals surface area (Å²) in [4.78, 5) is 0. The third-order valence-electron chi connectivity index (χ3n) is 1.36. The van der Waals surface area contributed by atoms with Crippen molar-refractivity contribution in [1.82, 2.24) is 0 Å². The highest BCUT2D eigenvalue weighted by molar-refractivity contribution is 7.04. The first-order valence-electron chi connectivity index (χ1n) is 3.55. The Kier molecular flexibility index (Phi) is 3.20. The Bertz CT molecular complexity index is 278. The first kappa shape index (κ1) is 9.17. The number of benzene rings is 1. The van der Waals surface area contributed by atoms with Crippen molar-refractivity contribution in [3.8, 4) is 5.75 Å². The fraction of sp³-hybridized carbons (Fsp3) is 0.250. The first-order chi connectivity index (χ1) is 5.72. The Morgan fingerprint density at radius 3 is 2.92 bits per heavy atom. The number of rotatable bonds is 3. The summed E-state index contributed by atoms with van der Waals surface area (Å²) in [5.74, 6) is 0.709. The molecule has 3 nitrogen and oxygen atoms in total. The van der Waals surface area contributed by atoms with Crippen molar-refractivity contribution >= 4 is 9.03 Å². The van der Waals surface area contributed by atoms with E-state index in [-0.39, 0.29) is 0 Å². The summed E-state index contributed by atoms with van der Waals surface area (Å²) in [7, 11) is 3.65. The normalized spacial score (nSPS) is 12.2. The molecule has 0 aliphatic heterocycles. The van der Waals surface area contributed by atoms with Gasteiger partial charge in [0.05, 0.1) is 0 Å². The quantitative estimate of drug-likeness (QED) is 0.574. The van der Waals surface area contributed by atoms with Crippen LogP contribution in [0.5, 0.6) is 5.75 Å². The fourth-order valence-electron chi connectivity index (χ4n) is 0.852. The summed E-state index contributed by atoms with van der Waals surface area (Å²) in [5, 5.41) is 0.